The van der Waals surface area contributed by atoms with Crippen LogP contribution in [0.2, 0.25) is 0 Å². The first-order chi connectivity index (χ1) is 8.10. The minimum absolute atomic E-state index is 0.422. The topological polar surface area (TPSA) is 65.0 Å². The molecule has 0 amide bonds. The molecule has 0 bridgehead atoms. The first-order valence-corrected chi connectivity index (χ1v) is 5.89. The van der Waals surface area contributed by atoms with Gasteiger partial charge < -0.3 is 8.94 Å². The van der Waals surface area contributed by atoms with Crippen LogP contribution in [0, 0.1) is 12.8 Å². The van der Waals surface area contributed by atoms with Gasteiger partial charge in [-0.2, -0.15) is 4.98 Å². The van der Waals surface area contributed by atoms with E-state index in [1.807, 2.05) is 13.8 Å². The average Bonchev–Trinajstić information content (AvgIpc) is 2.83. The average molecular weight is 235 g/mol. The van der Waals surface area contributed by atoms with E-state index in [0.29, 0.717) is 29.3 Å². The van der Waals surface area contributed by atoms with Crippen molar-refractivity contribution in [1.82, 2.24) is 15.1 Å². The molecule has 0 atom stereocenters. The fourth-order valence-corrected chi connectivity index (χ4v) is 1.60. The lowest BCUT2D eigenvalue weighted by Crippen LogP contribution is -1.95. The Hall–Kier alpha value is -1.65. The smallest absolute Gasteiger partial charge is 0.295 e. The second kappa shape index (κ2) is 4.69. The third-order valence-corrected chi connectivity index (χ3v) is 2.40. The van der Waals surface area contributed by atoms with Crippen LogP contribution >= 0.6 is 0 Å². The summed E-state index contributed by atoms with van der Waals surface area (Å²) < 4.78 is 10.8. The van der Waals surface area contributed by atoms with Crippen molar-refractivity contribution in [2.24, 2.45) is 5.92 Å². The van der Waals surface area contributed by atoms with E-state index in [9.17, 15) is 0 Å². The highest BCUT2D eigenvalue weighted by Crippen LogP contribution is 2.23. The largest absolute Gasteiger partial charge is 0.435 e. The summed E-state index contributed by atoms with van der Waals surface area (Å²) in [4.78, 5) is 8.60. The Balaban J connectivity index is 2.26. The van der Waals surface area contributed by atoms with E-state index in [-0.39, 0.29) is 0 Å². The van der Waals surface area contributed by atoms with Gasteiger partial charge in [0.2, 0.25) is 5.76 Å². The lowest BCUT2D eigenvalue weighted by Gasteiger charge is -1.95. The van der Waals surface area contributed by atoms with E-state index < -0.39 is 0 Å². The molecule has 0 N–H and O–H groups in total. The number of aromatic nitrogens is 3. The van der Waals surface area contributed by atoms with Gasteiger partial charge >= 0.3 is 0 Å². The van der Waals surface area contributed by atoms with E-state index in [1.54, 1.807) is 0 Å². The monoisotopic (exact) mass is 235 g/mol. The van der Waals surface area contributed by atoms with Crippen LogP contribution in [-0.2, 0) is 12.8 Å². The van der Waals surface area contributed by atoms with Gasteiger partial charge in [-0.1, -0.05) is 25.9 Å². The van der Waals surface area contributed by atoms with Crippen LogP contribution < -0.4 is 0 Å². The molecule has 92 valence electrons. The zero-order valence-electron chi connectivity index (χ0n) is 10.6. The van der Waals surface area contributed by atoms with E-state index in [4.69, 9.17) is 8.94 Å². The van der Waals surface area contributed by atoms with Gasteiger partial charge in [-0.25, -0.2) is 4.98 Å². The van der Waals surface area contributed by atoms with E-state index >= 15 is 0 Å². The van der Waals surface area contributed by atoms with Gasteiger partial charge in [0.05, 0.1) is 5.69 Å². The summed E-state index contributed by atoms with van der Waals surface area (Å²) in [6, 6.07) is 0. The van der Waals surface area contributed by atoms with Crippen LogP contribution in [0.15, 0.2) is 8.94 Å². The summed E-state index contributed by atoms with van der Waals surface area (Å²) in [5, 5.41) is 3.94. The first kappa shape index (κ1) is 11.8. The van der Waals surface area contributed by atoms with Crippen LogP contribution in [0.25, 0.3) is 11.7 Å². The highest BCUT2D eigenvalue weighted by molar-refractivity contribution is 5.47. The lowest BCUT2D eigenvalue weighted by atomic mass is 10.1. The van der Waals surface area contributed by atoms with Crippen molar-refractivity contribution >= 4 is 0 Å². The third kappa shape index (κ3) is 2.54. The summed E-state index contributed by atoms with van der Waals surface area (Å²) in [5.41, 5.74) is 0.793. The van der Waals surface area contributed by atoms with Gasteiger partial charge in [0.1, 0.15) is 0 Å². The quantitative estimate of drug-likeness (QED) is 0.815. The molecule has 2 rings (SSSR count). The van der Waals surface area contributed by atoms with E-state index in [2.05, 4.69) is 29.0 Å². The third-order valence-electron chi connectivity index (χ3n) is 2.40. The van der Waals surface area contributed by atoms with Crippen molar-refractivity contribution in [1.29, 1.82) is 0 Å². The number of rotatable bonds is 4. The molecule has 17 heavy (non-hydrogen) atoms. The first-order valence-electron chi connectivity index (χ1n) is 5.89. The molecule has 0 saturated heterocycles. The molecular formula is C12H17N3O2. The van der Waals surface area contributed by atoms with Crippen molar-refractivity contribution in [3.05, 3.63) is 17.4 Å². The van der Waals surface area contributed by atoms with Crippen molar-refractivity contribution in [3.8, 4) is 11.7 Å². The molecular weight excluding hydrogens is 218 g/mol. The van der Waals surface area contributed by atoms with Gasteiger partial charge in [0.25, 0.3) is 5.89 Å². The molecule has 0 aliphatic carbocycles. The maximum absolute atomic E-state index is 5.56. The van der Waals surface area contributed by atoms with Crippen LogP contribution in [-0.4, -0.2) is 15.1 Å². The van der Waals surface area contributed by atoms with Crippen molar-refractivity contribution in [3.63, 3.8) is 0 Å². The van der Waals surface area contributed by atoms with Gasteiger partial charge in [-0.3, -0.25) is 0 Å². The number of hydrogen-bond acceptors (Lipinski definition) is 5. The molecule has 0 aromatic carbocycles. The Morgan fingerprint density at radius 2 is 2.00 bits per heavy atom. The number of hydrogen-bond donors (Lipinski definition) is 0. The van der Waals surface area contributed by atoms with Crippen LogP contribution in [0.5, 0.6) is 0 Å². The van der Waals surface area contributed by atoms with Gasteiger partial charge in [0.15, 0.2) is 11.7 Å². The molecule has 2 heterocycles. The Bertz CT molecular complexity index is 500. The summed E-state index contributed by atoms with van der Waals surface area (Å²) >= 11 is 0. The zero-order valence-corrected chi connectivity index (χ0v) is 10.6. The fourth-order valence-electron chi connectivity index (χ4n) is 1.60. The lowest BCUT2D eigenvalue weighted by molar-refractivity contribution is 0.401. The van der Waals surface area contributed by atoms with Crippen LogP contribution in [0.4, 0.5) is 0 Å². The predicted molar refractivity (Wildman–Crippen MR) is 62.5 cm³/mol. The molecule has 2 aromatic rings. The summed E-state index contributed by atoms with van der Waals surface area (Å²) in [6.45, 7) is 8.10. The second-order valence-corrected chi connectivity index (χ2v) is 4.49. The van der Waals surface area contributed by atoms with E-state index in [0.717, 1.165) is 18.5 Å². The Morgan fingerprint density at radius 3 is 2.59 bits per heavy atom. The maximum Gasteiger partial charge on any atom is 0.295 e. The maximum atomic E-state index is 5.56. The van der Waals surface area contributed by atoms with E-state index in [1.165, 1.54) is 0 Å². The van der Waals surface area contributed by atoms with Gasteiger partial charge in [-0.05, 0) is 12.8 Å². The standard InChI is InChI=1S/C12H17N3O2/c1-5-10-13-8(4)11(16-10)12-14-9(15-17-12)6-7(2)3/h7H,5-6H2,1-4H3. The SMILES string of the molecule is CCc1nc(C)c(-c2nc(CC(C)C)no2)o1. The summed E-state index contributed by atoms with van der Waals surface area (Å²) in [5.74, 6) is 2.92. The minimum Gasteiger partial charge on any atom is -0.435 e. The molecule has 2 aromatic heterocycles. The highest BCUT2D eigenvalue weighted by atomic mass is 16.5. The van der Waals surface area contributed by atoms with Crippen LogP contribution in [0.3, 0.4) is 0 Å². The predicted octanol–water partition coefficient (Wildman–Crippen LogP) is 2.79. The molecule has 5 heteroatoms. The summed E-state index contributed by atoms with van der Waals surface area (Å²) in [7, 11) is 0. The molecule has 0 fully saturated rings. The van der Waals surface area contributed by atoms with Crippen molar-refractivity contribution < 1.29 is 8.94 Å². The second-order valence-electron chi connectivity index (χ2n) is 4.49. The molecule has 0 radical (unpaired) electrons. The van der Waals surface area contributed by atoms with Crippen molar-refractivity contribution in [2.45, 2.75) is 40.5 Å². The highest BCUT2D eigenvalue weighted by Gasteiger charge is 2.17. The molecule has 5 nitrogen and oxygen atoms in total. The molecule has 0 aliphatic rings. The van der Waals surface area contributed by atoms with Crippen molar-refractivity contribution in [2.75, 3.05) is 0 Å². The Labute approximate surface area is 100 Å². The normalized spacial score (nSPS) is 11.4. The Morgan fingerprint density at radius 1 is 1.24 bits per heavy atom. The molecule has 0 aliphatic heterocycles. The number of nitrogens with zero attached hydrogens (tertiary/aromatic N) is 3. The zero-order chi connectivity index (χ0) is 12.4. The molecule has 0 unspecified atom stereocenters. The van der Waals surface area contributed by atoms with Gasteiger partial charge in [-0.15, -0.1) is 0 Å². The van der Waals surface area contributed by atoms with Crippen LogP contribution in [0.1, 0.15) is 38.2 Å². The fraction of sp³-hybridized carbons (Fsp3) is 0.583. The Kier molecular flexibility index (Phi) is 3.26. The van der Waals surface area contributed by atoms with Gasteiger partial charge in [0, 0.05) is 12.8 Å². The summed E-state index contributed by atoms with van der Waals surface area (Å²) in [6.07, 6.45) is 1.56. The molecule has 0 spiro atoms. The number of aryl methyl sites for hydroxylation is 2. The molecule has 0 saturated carbocycles. The minimum atomic E-state index is 0.422. The number of oxazole rings is 1.